The summed E-state index contributed by atoms with van der Waals surface area (Å²) < 4.78 is 0. The van der Waals surface area contributed by atoms with Gasteiger partial charge in [-0.15, -0.1) is 0 Å². The van der Waals surface area contributed by atoms with E-state index >= 15 is 0 Å². The molecule has 1 rings (SSSR count). The third-order valence-electron chi connectivity index (χ3n) is 3.64. The van der Waals surface area contributed by atoms with E-state index in [2.05, 4.69) is 45.9 Å². The van der Waals surface area contributed by atoms with E-state index in [1.807, 2.05) is 17.9 Å². The Morgan fingerprint density at radius 1 is 1.33 bits per heavy atom. The number of carbonyl (C=O) groups excluding carboxylic acids is 1. The number of hydrogen-bond acceptors (Lipinski definition) is 2. The Kier molecular flexibility index (Phi) is 6.41. The van der Waals surface area contributed by atoms with Crippen molar-refractivity contribution in [3.8, 4) is 0 Å². The Morgan fingerprint density at radius 2 is 2.00 bits per heavy atom. The molecule has 0 aliphatic rings. The Morgan fingerprint density at radius 3 is 2.48 bits per heavy atom. The van der Waals surface area contributed by atoms with Crippen molar-refractivity contribution < 1.29 is 4.79 Å². The molecule has 0 fully saturated rings. The molecule has 118 valence electrons. The van der Waals surface area contributed by atoms with Gasteiger partial charge in [0.25, 0.3) is 0 Å². The second kappa shape index (κ2) is 7.60. The minimum absolute atomic E-state index is 0.0882. The first-order chi connectivity index (χ1) is 9.76. The van der Waals surface area contributed by atoms with Crippen LogP contribution in [0.2, 0.25) is 0 Å². The summed E-state index contributed by atoms with van der Waals surface area (Å²) in [5.74, 6) is 0.0891. The second-order valence-corrected chi connectivity index (χ2v) is 7.04. The maximum Gasteiger partial charge on any atom is 0.227 e. The Hall–Kier alpha value is -1.35. The Labute approximate surface area is 129 Å². The number of rotatable bonds is 6. The predicted octanol–water partition coefficient (Wildman–Crippen LogP) is 3.35. The molecule has 3 heteroatoms. The third kappa shape index (κ3) is 5.88. The van der Waals surface area contributed by atoms with Crippen molar-refractivity contribution in [3.63, 3.8) is 0 Å². The first-order valence-corrected chi connectivity index (χ1v) is 7.81. The van der Waals surface area contributed by atoms with Crippen LogP contribution < -0.4 is 5.73 Å². The molecule has 2 N–H and O–H groups in total. The van der Waals surface area contributed by atoms with Crippen LogP contribution in [0.1, 0.15) is 45.2 Å². The first-order valence-electron chi connectivity index (χ1n) is 7.81. The van der Waals surface area contributed by atoms with Crippen LogP contribution in [-0.4, -0.2) is 23.9 Å². The fourth-order valence-corrected chi connectivity index (χ4v) is 2.65. The van der Waals surface area contributed by atoms with E-state index in [0.717, 1.165) is 6.42 Å². The van der Waals surface area contributed by atoms with Gasteiger partial charge in [-0.25, -0.2) is 0 Å². The minimum Gasteiger partial charge on any atom is -0.338 e. The van der Waals surface area contributed by atoms with Gasteiger partial charge in [-0.3, -0.25) is 4.79 Å². The molecular weight excluding hydrogens is 260 g/mol. The van der Waals surface area contributed by atoms with E-state index in [1.54, 1.807) is 0 Å². The molecule has 21 heavy (non-hydrogen) atoms. The van der Waals surface area contributed by atoms with Crippen molar-refractivity contribution in [1.82, 2.24) is 4.90 Å². The molecule has 1 amide bonds. The van der Waals surface area contributed by atoms with Crippen LogP contribution in [0.4, 0.5) is 0 Å². The van der Waals surface area contributed by atoms with E-state index < -0.39 is 0 Å². The average Bonchev–Trinajstić information content (AvgIpc) is 2.40. The van der Waals surface area contributed by atoms with E-state index in [1.165, 1.54) is 11.1 Å². The predicted molar refractivity (Wildman–Crippen MR) is 88.9 cm³/mol. The topological polar surface area (TPSA) is 46.3 Å². The standard InChI is InChI=1S/C18H30N2O/c1-6-20(13-15-9-7-8-14(2)10-15)17(21)16(12-19)11-18(3,4)5/h7-10,16H,6,11-13,19H2,1-5H3. The van der Waals surface area contributed by atoms with E-state index in [4.69, 9.17) is 5.73 Å². The largest absolute Gasteiger partial charge is 0.338 e. The van der Waals surface area contributed by atoms with Crippen molar-refractivity contribution in [2.24, 2.45) is 17.1 Å². The van der Waals surface area contributed by atoms with Crippen LogP contribution >= 0.6 is 0 Å². The number of hydrogen-bond donors (Lipinski definition) is 1. The molecule has 1 aromatic rings. The molecule has 0 saturated heterocycles. The molecule has 0 aliphatic heterocycles. The van der Waals surface area contributed by atoms with Gasteiger partial charge in [-0.1, -0.05) is 50.6 Å². The molecule has 0 heterocycles. The molecule has 0 spiro atoms. The molecule has 0 bridgehead atoms. The third-order valence-corrected chi connectivity index (χ3v) is 3.64. The highest BCUT2D eigenvalue weighted by atomic mass is 16.2. The fraction of sp³-hybridized carbons (Fsp3) is 0.611. The molecule has 3 nitrogen and oxygen atoms in total. The van der Waals surface area contributed by atoms with Gasteiger partial charge in [0.1, 0.15) is 0 Å². The van der Waals surface area contributed by atoms with Gasteiger partial charge < -0.3 is 10.6 Å². The van der Waals surface area contributed by atoms with Crippen LogP contribution in [0.15, 0.2) is 24.3 Å². The quantitative estimate of drug-likeness (QED) is 0.873. The normalized spacial score (nSPS) is 13.0. The molecule has 1 atom stereocenters. The van der Waals surface area contributed by atoms with Gasteiger partial charge in [0.15, 0.2) is 0 Å². The number of nitrogens with two attached hydrogens (primary N) is 1. The van der Waals surface area contributed by atoms with E-state index in [-0.39, 0.29) is 17.2 Å². The summed E-state index contributed by atoms with van der Waals surface area (Å²) >= 11 is 0. The van der Waals surface area contributed by atoms with Crippen molar-refractivity contribution in [3.05, 3.63) is 35.4 Å². The van der Waals surface area contributed by atoms with Gasteiger partial charge in [-0.05, 0) is 31.2 Å². The Bertz CT molecular complexity index is 463. The lowest BCUT2D eigenvalue weighted by atomic mass is 9.84. The van der Waals surface area contributed by atoms with Gasteiger partial charge in [0, 0.05) is 19.6 Å². The molecule has 0 aromatic heterocycles. The minimum atomic E-state index is -0.0882. The van der Waals surface area contributed by atoms with E-state index in [9.17, 15) is 4.79 Å². The van der Waals surface area contributed by atoms with Crippen molar-refractivity contribution in [2.45, 2.75) is 47.6 Å². The van der Waals surface area contributed by atoms with Crippen LogP contribution in [0, 0.1) is 18.3 Å². The van der Waals surface area contributed by atoms with Gasteiger partial charge in [-0.2, -0.15) is 0 Å². The molecule has 0 saturated carbocycles. The second-order valence-electron chi connectivity index (χ2n) is 7.04. The van der Waals surface area contributed by atoms with Crippen LogP contribution in [0.5, 0.6) is 0 Å². The zero-order valence-corrected chi connectivity index (χ0v) is 14.1. The van der Waals surface area contributed by atoms with Crippen LogP contribution in [0.3, 0.4) is 0 Å². The molecular formula is C18H30N2O. The summed E-state index contributed by atoms with van der Waals surface area (Å²) in [5, 5.41) is 0. The number of nitrogens with zero attached hydrogens (tertiary/aromatic N) is 1. The smallest absolute Gasteiger partial charge is 0.227 e. The summed E-state index contributed by atoms with van der Waals surface area (Å²) in [4.78, 5) is 14.6. The van der Waals surface area contributed by atoms with E-state index in [0.29, 0.717) is 19.6 Å². The lowest BCUT2D eigenvalue weighted by molar-refractivity contribution is -0.136. The molecule has 0 radical (unpaired) electrons. The lowest BCUT2D eigenvalue weighted by Gasteiger charge is -2.30. The van der Waals surface area contributed by atoms with Crippen molar-refractivity contribution in [2.75, 3.05) is 13.1 Å². The summed E-state index contributed by atoms with van der Waals surface area (Å²) in [7, 11) is 0. The number of carbonyl (C=O) groups is 1. The maximum atomic E-state index is 12.7. The maximum absolute atomic E-state index is 12.7. The average molecular weight is 290 g/mol. The summed E-state index contributed by atoms with van der Waals surface area (Å²) in [6, 6.07) is 8.32. The van der Waals surface area contributed by atoms with Crippen molar-refractivity contribution >= 4 is 5.91 Å². The number of benzene rings is 1. The Balaban J connectivity index is 2.80. The fourth-order valence-electron chi connectivity index (χ4n) is 2.65. The zero-order valence-electron chi connectivity index (χ0n) is 14.1. The van der Waals surface area contributed by atoms with Crippen LogP contribution in [-0.2, 0) is 11.3 Å². The highest BCUT2D eigenvalue weighted by molar-refractivity contribution is 5.79. The zero-order chi connectivity index (χ0) is 16.0. The summed E-state index contributed by atoms with van der Waals surface area (Å²) in [5.41, 5.74) is 8.36. The van der Waals surface area contributed by atoms with Gasteiger partial charge >= 0.3 is 0 Å². The monoisotopic (exact) mass is 290 g/mol. The lowest BCUT2D eigenvalue weighted by Crippen LogP contribution is -2.40. The summed E-state index contributed by atoms with van der Waals surface area (Å²) in [6.07, 6.45) is 0.826. The SMILES string of the molecule is CCN(Cc1cccc(C)c1)C(=O)C(CN)CC(C)(C)C. The highest BCUT2D eigenvalue weighted by Crippen LogP contribution is 2.25. The van der Waals surface area contributed by atoms with Crippen LogP contribution in [0.25, 0.3) is 0 Å². The first kappa shape index (κ1) is 17.7. The number of aryl methyl sites for hydroxylation is 1. The molecule has 1 aromatic carbocycles. The van der Waals surface area contributed by atoms with Gasteiger partial charge in [0.2, 0.25) is 5.91 Å². The number of amides is 1. The highest BCUT2D eigenvalue weighted by Gasteiger charge is 2.27. The molecule has 1 unspecified atom stereocenters. The summed E-state index contributed by atoms with van der Waals surface area (Å²) in [6.45, 7) is 12.4. The van der Waals surface area contributed by atoms with Gasteiger partial charge in [0.05, 0.1) is 5.92 Å². The molecule has 0 aliphatic carbocycles. The van der Waals surface area contributed by atoms with Crippen molar-refractivity contribution in [1.29, 1.82) is 0 Å².